The van der Waals surface area contributed by atoms with Gasteiger partial charge in [0.1, 0.15) is 0 Å². The normalized spacial score (nSPS) is 17.3. The Morgan fingerprint density at radius 1 is 1.33 bits per heavy atom. The minimum atomic E-state index is -0.116. The largest absolute Gasteiger partial charge is 0.493 e. The topological polar surface area (TPSA) is 50.8 Å². The molecule has 1 aliphatic heterocycles. The van der Waals surface area contributed by atoms with Crippen molar-refractivity contribution < 1.29 is 14.3 Å². The maximum Gasteiger partial charge on any atom is 0.179 e. The second-order valence-corrected chi connectivity index (χ2v) is 5.12. The molecule has 0 amide bonds. The lowest BCUT2D eigenvalue weighted by atomic mass is 10.0. The molecule has 1 aromatic rings. The number of nitrogens with zero attached hydrogens (tertiary/aromatic N) is 1. The van der Waals surface area contributed by atoms with Crippen LogP contribution < -0.4 is 14.8 Å². The number of methoxy groups -OCH3 is 1. The summed E-state index contributed by atoms with van der Waals surface area (Å²) in [5.74, 6) is 1.40. The van der Waals surface area contributed by atoms with Gasteiger partial charge in [-0.15, -0.1) is 0 Å². The van der Waals surface area contributed by atoms with Crippen molar-refractivity contribution in [1.29, 1.82) is 0 Å². The van der Waals surface area contributed by atoms with Crippen LogP contribution in [0.25, 0.3) is 0 Å². The van der Waals surface area contributed by atoms with Crippen molar-refractivity contribution >= 4 is 5.78 Å². The van der Waals surface area contributed by atoms with Gasteiger partial charge >= 0.3 is 0 Å². The lowest BCUT2D eigenvalue weighted by molar-refractivity contribution is 0.0820. The van der Waals surface area contributed by atoms with Gasteiger partial charge in [-0.2, -0.15) is 0 Å². The highest BCUT2D eigenvalue weighted by molar-refractivity contribution is 6.00. The summed E-state index contributed by atoms with van der Waals surface area (Å²) in [5, 5.41) is 3.30. The molecule has 0 aromatic heterocycles. The summed E-state index contributed by atoms with van der Waals surface area (Å²) in [6, 6.07) is 5.27. The lowest BCUT2D eigenvalue weighted by Gasteiger charge is -2.31. The van der Waals surface area contributed by atoms with Gasteiger partial charge in [0.25, 0.3) is 0 Å². The SMILES string of the molecule is CCOc1ccc(C(=O)C(C)N2CCNCC2)cc1OC. The molecule has 21 heavy (non-hydrogen) atoms. The first-order valence-corrected chi connectivity index (χ1v) is 7.47. The van der Waals surface area contributed by atoms with Gasteiger partial charge in [0.05, 0.1) is 19.8 Å². The average Bonchev–Trinajstić information content (AvgIpc) is 2.55. The summed E-state index contributed by atoms with van der Waals surface area (Å²) in [6.07, 6.45) is 0. The maximum atomic E-state index is 12.6. The fraction of sp³-hybridized carbons (Fsp3) is 0.562. The monoisotopic (exact) mass is 292 g/mol. The van der Waals surface area contributed by atoms with Crippen LogP contribution >= 0.6 is 0 Å². The molecular weight excluding hydrogens is 268 g/mol. The molecule has 1 aromatic carbocycles. The smallest absolute Gasteiger partial charge is 0.179 e. The molecule has 5 nitrogen and oxygen atoms in total. The highest BCUT2D eigenvalue weighted by Gasteiger charge is 2.24. The third kappa shape index (κ3) is 3.74. The van der Waals surface area contributed by atoms with Crippen LogP contribution in [0.5, 0.6) is 11.5 Å². The molecule has 0 radical (unpaired) electrons. The zero-order valence-electron chi connectivity index (χ0n) is 13.0. The second kappa shape index (κ2) is 7.43. The van der Waals surface area contributed by atoms with Crippen molar-refractivity contribution in [3.8, 4) is 11.5 Å². The quantitative estimate of drug-likeness (QED) is 0.807. The number of hydrogen-bond acceptors (Lipinski definition) is 5. The molecule has 116 valence electrons. The first kappa shape index (κ1) is 15.8. The molecular formula is C16H24N2O3. The van der Waals surface area contributed by atoms with Crippen LogP contribution in [0.2, 0.25) is 0 Å². The minimum absolute atomic E-state index is 0.116. The number of piperazine rings is 1. The van der Waals surface area contributed by atoms with Crippen LogP contribution in [-0.2, 0) is 0 Å². The summed E-state index contributed by atoms with van der Waals surface area (Å²) in [7, 11) is 1.59. The van der Waals surface area contributed by atoms with Crippen LogP contribution in [0.1, 0.15) is 24.2 Å². The maximum absolute atomic E-state index is 12.6. The summed E-state index contributed by atoms with van der Waals surface area (Å²) in [6.45, 7) is 8.14. The third-order valence-corrected chi connectivity index (χ3v) is 3.83. The lowest BCUT2D eigenvalue weighted by Crippen LogP contribution is -2.50. The fourth-order valence-corrected chi connectivity index (χ4v) is 2.57. The van der Waals surface area contributed by atoms with Crippen molar-refractivity contribution in [2.45, 2.75) is 19.9 Å². The van der Waals surface area contributed by atoms with Crippen LogP contribution in [-0.4, -0.2) is 56.6 Å². The second-order valence-electron chi connectivity index (χ2n) is 5.12. The van der Waals surface area contributed by atoms with Gasteiger partial charge < -0.3 is 14.8 Å². The number of ketones is 1. The first-order chi connectivity index (χ1) is 10.2. The van der Waals surface area contributed by atoms with Crippen molar-refractivity contribution in [3.05, 3.63) is 23.8 Å². The Morgan fingerprint density at radius 2 is 2.05 bits per heavy atom. The van der Waals surface area contributed by atoms with Crippen molar-refractivity contribution in [1.82, 2.24) is 10.2 Å². The molecule has 0 bridgehead atoms. The first-order valence-electron chi connectivity index (χ1n) is 7.47. The molecule has 0 saturated carbocycles. The Kier molecular flexibility index (Phi) is 5.59. The standard InChI is InChI=1S/C16H24N2O3/c1-4-21-14-6-5-13(11-15(14)20-3)16(19)12(2)18-9-7-17-8-10-18/h5-6,11-12,17H,4,7-10H2,1-3H3. The average molecular weight is 292 g/mol. The Labute approximate surface area is 126 Å². The molecule has 5 heteroatoms. The van der Waals surface area contributed by atoms with E-state index in [1.165, 1.54) is 0 Å². The zero-order chi connectivity index (χ0) is 15.2. The molecule has 1 atom stereocenters. The number of carbonyl (C=O) groups is 1. The highest BCUT2D eigenvalue weighted by Crippen LogP contribution is 2.28. The van der Waals surface area contributed by atoms with E-state index in [1.54, 1.807) is 19.2 Å². The number of carbonyl (C=O) groups excluding carboxylic acids is 1. The van der Waals surface area contributed by atoms with Crippen molar-refractivity contribution in [2.75, 3.05) is 39.9 Å². The van der Waals surface area contributed by atoms with E-state index >= 15 is 0 Å². The molecule has 1 unspecified atom stereocenters. The van der Waals surface area contributed by atoms with E-state index in [-0.39, 0.29) is 11.8 Å². The summed E-state index contributed by atoms with van der Waals surface area (Å²) in [5.41, 5.74) is 0.668. The molecule has 1 N–H and O–H groups in total. The fourth-order valence-electron chi connectivity index (χ4n) is 2.57. The third-order valence-electron chi connectivity index (χ3n) is 3.83. The number of rotatable bonds is 6. The predicted octanol–water partition coefficient (Wildman–Crippen LogP) is 1.57. The Morgan fingerprint density at radius 3 is 2.67 bits per heavy atom. The van der Waals surface area contributed by atoms with Gasteiger partial charge in [-0.05, 0) is 32.0 Å². The van der Waals surface area contributed by atoms with Gasteiger partial charge in [0.15, 0.2) is 17.3 Å². The summed E-state index contributed by atoms with van der Waals surface area (Å²) < 4.78 is 10.8. The summed E-state index contributed by atoms with van der Waals surface area (Å²) in [4.78, 5) is 14.8. The van der Waals surface area contributed by atoms with Gasteiger partial charge in [-0.3, -0.25) is 9.69 Å². The number of Topliss-reactive ketones (excluding diaryl/α,β-unsaturated/α-hetero) is 1. The van der Waals surface area contributed by atoms with Crippen molar-refractivity contribution in [2.24, 2.45) is 0 Å². The molecule has 1 aliphatic rings. The number of ether oxygens (including phenoxy) is 2. The molecule has 1 fully saturated rings. The molecule has 0 aliphatic carbocycles. The molecule has 2 rings (SSSR count). The van der Waals surface area contributed by atoms with Gasteiger partial charge in [-0.1, -0.05) is 0 Å². The van der Waals surface area contributed by atoms with E-state index in [2.05, 4.69) is 10.2 Å². The van der Waals surface area contributed by atoms with Crippen LogP contribution in [0.4, 0.5) is 0 Å². The van der Waals surface area contributed by atoms with E-state index in [4.69, 9.17) is 9.47 Å². The molecule has 1 saturated heterocycles. The number of hydrogen-bond donors (Lipinski definition) is 1. The zero-order valence-corrected chi connectivity index (χ0v) is 13.0. The number of nitrogens with one attached hydrogen (secondary N) is 1. The Hall–Kier alpha value is -1.59. The molecule has 0 spiro atoms. The molecule has 1 heterocycles. The predicted molar refractivity (Wildman–Crippen MR) is 82.4 cm³/mol. The van der Waals surface area contributed by atoms with Crippen molar-refractivity contribution in [3.63, 3.8) is 0 Å². The van der Waals surface area contributed by atoms with Crippen LogP contribution in [0.3, 0.4) is 0 Å². The van der Waals surface area contributed by atoms with Crippen LogP contribution in [0, 0.1) is 0 Å². The highest BCUT2D eigenvalue weighted by atomic mass is 16.5. The Bertz CT molecular complexity index is 484. The summed E-state index contributed by atoms with van der Waals surface area (Å²) >= 11 is 0. The number of benzene rings is 1. The van der Waals surface area contributed by atoms with Gasteiger partial charge in [0.2, 0.25) is 0 Å². The Balaban J connectivity index is 2.14. The van der Waals surface area contributed by atoms with Crippen LogP contribution in [0.15, 0.2) is 18.2 Å². The van der Waals surface area contributed by atoms with E-state index in [9.17, 15) is 4.79 Å². The van der Waals surface area contributed by atoms with Gasteiger partial charge in [-0.25, -0.2) is 0 Å². The van der Waals surface area contributed by atoms with Gasteiger partial charge in [0, 0.05) is 31.7 Å². The van der Waals surface area contributed by atoms with E-state index < -0.39 is 0 Å². The van der Waals surface area contributed by atoms with E-state index in [0.717, 1.165) is 26.2 Å². The van der Waals surface area contributed by atoms with E-state index in [0.29, 0.717) is 23.7 Å². The van der Waals surface area contributed by atoms with E-state index in [1.807, 2.05) is 19.9 Å². The minimum Gasteiger partial charge on any atom is -0.493 e.